The van der Waals surface area contributed by atoms with Gasteiger partial charge in [0.1, 0.15) is 17.9 Å². The van der Waals surface area contributed by atoms with E-state index in [1.54, 1.807) is 18.4 Å². The number of aromatic nitrogens is 1. The van der Waals surface area contributed by atoms with Crippen molar-refractivity contribution in [2.75, 3.05) is 6.54 Å². The first-order valence-corrected chi connectivity index (χ1v) is 8.27. The van der Waals surface area contributed by atoms with E-state index in [1.807, 2.05) is 13.8 Å². The molecular formula is C18H23FN4O3. The van der Waals surface area contributed by atoms with Gasteiger partial charge in [0.05, 0.1) is 5.69 Å². The maximum atomic E-state index is 13.0. The Balaban J connectivity index is 1.91. The average molecular weight is 362 g/mol. The van der Waals surface area contributed by atoms with Gasteiger partial charge in [0, 0.05) is 30.4 Å². The molecule has 0 unspecified atom stereocenters. The fourth-order valence-electron chi connectivity index (χ4n) is 2.29. The van der Waals surface area contributed by atoms with Gasteiger partial charge in [-0.15, -0.1) is 0 Å². The number of hydrogen-bond acceptors (Lipinski definition) is 5. The molecule has 140 valence electrons. The number of nitrogens with one attached hydrogen (secondary N) is 1. The standard InChI is InChI=1S/C18H23FN4O3/c1-18(2,11-21-16(24)5-3-4-15(20)23-25)14-10-26-17(22-14)12-6-8-13(19)9-7-12/h6-10,25H,3-5,11H2,1-2H3,(H2,20,23)(H,21,24). The van der Waals surface area contributed by atoms with E-state index in [1.165, 1.54) is 12.1 Å². The van der Waals surface area contributed by atoms with Crippen LogP contribution in [0.1, 0.15) is 38.8 Å². The molecule has 1 heterocycles. The third-order valence-electron chi connectivity index (χ3n) is 3.98. The van der Waals surface area contributed by atoms with Crippen LogP contribution in [-0.2, 0) is 10.2 Å². The number of hydrogen-bond donors (Lipinski definition) is 3. The van der Waals surface area contributed by atoms with Gasteiger partial charge in [0.25, 0.3) is 0 Å². The van der Waals surface area contributed by atoms with Crippen LogP contribution in [-0.4, -0.2) is 28.5 Å². The molecular weight excluding hydrogens is 339 g/mol. The average Bonchev–Trinajstić information content (AvgIpc) is 3.11. The van der Waals surface area contributed by atoms with Gasteiger partial charge < -0.3 is 20.7 Å². The van der Waals surface area contributed by atoms with E-state index in [2.05, 4.69) is 15.5 Å². The molecule has 0 aliphatic rings. The third-order valence-corrected chi connectivity index (χ3v) is 3.98. The smallest absolute Gasteiger partial charge is 0.226 e. The minimum Gasteiger partial charge on any atom is -0.444 e. The highest BCUT2D eigenvalue weighted by molar-refractivity contribution is 5.81. The molecule has 8 heteroatoms. The van der Waals surface area contributed by atoms with E-state index >= 15 is 0 Å². The van der Waals surface area contributed by atoms with Gasteiger partial charge in [0.2, 0.25) is 11.8 Å². The van der Waals surface area contributed by atoms with Crippen LogP contribution in [0.4, 0.5) is 4.39 Å². The molecule has 1 aromatic carbocycles. The van der Waals surface area contributed by atoms with E-state index in [0.717, 1.165) is 0 Å². The number of oxazole rings is 1. The van der Waals surface area contributed by atoms with Gasteiger partial charge in [-0.2, -0.15) is 0 Å². The van der Waals surface area contributed by atoms with Crippen molar-refractivity contribution in [1.82, 2.24) is 10.3 Å². The second-order valence-corrected chi connectivity index (χ2v) is 6.65. The highest BCUT2D eigenvalue weighted by atomic mass is 19.1. The first kappa shape index (κ1) is 19.4. The summed E-state index contributed by atoms with van der Waals surface area (Å²) in [5.74, 6) is 0.0638. The van der Waals surface area contributed by atoms with Crippen LogP contribution in [0, 0.1) is 5.82 Å². The largest absolute Gasteiger partial charge is 0.444 e. The molecule has 2 aromatic rings. The molecule has 2 rings (SSSR count). The molecule has 0 saturated carbocycles. The first-order chi connectivity index (χ1) is 12.3. The molecule has 7 nitrogen and oxygen atoms in total. The minimum absolute atomic E-state index is 0.106. The fraction of sp³-hybridized carbons (Fsp3) is 0.389. The van der Waals surface area contributed by atoms with Gasteiger partial charge in [-0.1, -0.05) is 19.0 Å². The molecule has 0 spiro atoms. The number of oxime groups is 1. The Labute approximate surface area is 151 Å². The summed E-state index contributed by atoms with van der Waals surface area (Å²) in [5, 5.41) is 14.2. The summed E-state index contributed by atoms with van der Waals surface area (Å²) in [5.41, 5.74) is 6.29. The van der Waals surface area contributed by atoms with Crippen molar-refractivity contribution in [2.24, 2.45) is 10.9 Å². The lowest BCUT2D eigenvalue weighted by Gasteiger charge is -2.22. The maximum Gasteiger partial charge on any atom is 0.226 e. The Morgan fingerprint density at radius 1 is 1.35 bits per heavy atom. The van der Waals surface area contributed by atoms with Gasteiger partial charge in [-0.25, -0.2) is 9.37 Å². The number of rotatable bonds is 8. The summed E-state index contributed by atoms with van der Waals surface area (Å²) < 4.78 is 18.5. The SMILES string of the molecule is CC(C)(CNC(=O)CCC/C(N)=N\O)c1coc(-c2ccc(F)cc2)n1. The molecule has 0 atom stereocenters. The molecule has 0 saturated heterocycles. The van der Waals surface area contributed by atoms with Crippen molar-refractivity contribution in [1.29, 1.82) is 0 Å². The van der Waals surface area contributed by atoms with Crippen LogP contribution in [0.15, 0.2) is 40.1 Å². The first-order valence-electron chi connectivity index (χ1n) is 8.27. The summed E-state index contributed by atoms with van der Waals surface area (Å²) in [6, 6.07) is 5.89. The summed E-state index contributed by atoms with van der Waals surface area (Å²) in [6.07, 6.45) is 2.69. The van der Waals surface area contributed by atoms with E-state index in [-0.39, 0.29) is 24.0 Å². The number of halogens is 1. The lowest BCUT2D eigenvalue weighted by Crippen LogP contribution is -2.36. The number of nitrogens with two attached hydrogens (primary N) is 1. The Kier molecular flexibility index (Phi) is 6.32. The van der Waals surface area contributed by atoms with Crippen molar-refractivity contribution < 1.29 is 18.8 Å². The van der Waals surface area contributed by atoms with Crippen molar-refractivity contribution >= 4 is 11.7 Å². The molecule has 1 amide bonds. The van der Waals surface area contributed by atoms with Crippen LogP contribution >= 0.6 is 0 Å². The Hall–Kier alpha value is -2.90. The van der Waals surface area contributed by atoms with Crippen LogP contribution in [0.3, 0.4) is 0 Å². The van der Waals surface area contributed by atoms with E-state index in [9.17, 15) is 9.18 Å². The number of nitrogens with zero attached hydrogens (tertiary/aromatic N) is 2. The van der Waals surface area contributed by atoms with Gasteiger partial charge in [-0.05, 0) is 30.7 Å². The Morgan fingerprint density at radius 3 is 2.69 bits per heavy atom. The fourth-order valence-corrected chi connectivity index (χ4v) is 2.29. The molecule has 4 N–H and O–H groups in total. The minimum atomic E-state index is -0.441. The highest BCUT2D eigenvalue weighted by Crippen LogP contribution is 2.26. The lowest BCUT2D eigenvalue weighted by molar-refractivity contribution is -0.121. The number of amides is 1. The number of amidine groups is 1. The summed E-state index contributed by atoms with van der Waals surface area (Å²) >= 11 is 0. The second-order valence-electron chi connectivity index (χ2n) is 6.65. The molecule has 0 aliphatic carbocycles. The zero-order valence-corrected chi connectivity index (χ0v) is 14.8. The lowest BCUT2D eigenvalue weighted by atomic mass is 9.90. The molecule has 0 fully saturated rings. The highest BCUT2D eigenvalue weighted by Gasteiger charge is 2.25. The molecule has 0 radical (unpaired) electrons. The van der Waals surface area contributed by atoms with Crippen LogP contribution in [0.2, 0.25) is 0 Å². The normalized spacial score (nSPS) is 12.2. The van der Waals surface area contributed by atoms with Crippen molar-refractivity contribution in [3.8, 4) is 11.5 Å². The molecule has 0 bridgehead atoms. The van der Waals surface area contributed by atoms with Gasteiger partial charge in [-0.3, -0.25) is 4.79 Å². The van der Waals surface area contributed by atoms with E-state index in [0.29, 0.717) is 36.5 Å². The number of carbonyl (C=O) groups is 1. The predicted octanol–water partition coefficient (Wildman–Crippen LogP) is 2.79. The zero-order chi connectivity index (χ0) is 19.2. The summed E-state index contributed by atoms with van der Waals surface area (Å²) in [6.45, 7) is 4.26. The predicted molar refractivity (Wildman–Crippen MR) is 95.2 cm³/mol. The third kappa shape index (κ3) is 5.30. The van der Waals surface area contributed by atoms with Crippen molar-refractivity contribution in [3.05, 3.63) is 42.0 Å². The number of benzene rings is 1. The Morgan fingerprint density at radius 2 is 2.04 bits per heavy atom. The maximum absolute atomic E-state index is 13.0. The summed E-state index contributed by atoms with van der Waals surface area (Å²) in [4.78, 5) is 16.4. The van der Waals surface area contributed by atoms with Crippen molar-refractivity contribution in [3.63, 3.8) is 0 Å². The Bertz CT molecular complexity index is 769. The second kappa shape index (κ2) is 8.46. The van der Waals surface area contributed by atoms with Crippen LogP contribution in [0.5, 0.6) is 0 Å². The molecule has 1 aromatic heterocycles. The van der Waals surface area contributed by atoms with Crippen LogP contribution in [0.25, 0.3) is 11.5 Å². The molecule has 26 heavy (non-hydrogen) atoms. The number of carbonyl (C=O) groups excluding carboxylic acids is 1. The summed E-state index contributed by atoms with van der Waals surface area (Å²) in [7, 11) is 0. The van der Waals surface area contributed by atoms with Crippen molar-refractivity contribution in [2.45, 2.75) is 38.5 Å². The van der Waals surface area contributed by atoms with Crippen LogP contribution < -0.4 is 11.1 Å². The van der Waals surface area contributed by atoms with E-state index < -0.39 is 5.41 Å². The van der Waals surface area contributed by atoms with E-state index in [4.69, 9.17) is 15.4 Å². The molecule has 0 aliphatic heterocycles. The quantitative estimate of drug-likeness (QED) is 0.289. The van der Waals surface area contributed by atoms with Gasteiger partial charge >= 0.3 is 0 Å². The zero-order valence-electron chi connectivity index (χ0n) is 14.8. The monoisotopic (exact) mass is 362 g/mol. The van der Waals surface area contributed by atoms with Gasteiger partial charge in [0.15, 0.2) is 0 Å². The topological polar surface area (TPSA) is 114 Å².